The van der Waals surface area contributed by atoms with Gasteiger partial charge in [0.25, 0.3) is 5.91 Å². The first-order valence-electron chi connectivity index (χ1n) is 7.82. The molecule has 23 heavy (non-hydrogen) atoms. The van der Waals surface area contributed by atoms with Gasteiger partial charge < -0.3 is 14.9 Å². The topological polar surface area (TPSA) is 77.9 Å². The van der Waals surface area contributed by atoms with Crippen molar-refractivity contribution in [3.05, 3.63) is 35.9 Å². The van der Waals surface area contributed by atoms with Crippen LogP contribution in [0.25, 0.3) is 0 Å². The Labute approximate surface area is 135 Å². The molecule has 0 bridgehead atoms. The fourth-order valence-corrected chi connectivity index (χ4v) is 3.00. The van der Waals surface area contributed by atoms with Gasteiger partial charge in [0.1, 0.15) is 6.54 Å². The van der Waals surface area contributed by atoms with E-state index in [1.807, 2.05) is 18.2 Å². The Hall–Kier alpha value is -2.37. The number of likely N-dealkylation sites (tertiary alicyclic amines) is 1. The average molecular weight is 318 g/mol. The van der Waals surface area contributed by atoms with Crippen molar-refractivity contribution in [1.29, 1.82) is 0 Å². The van der Waals surface area contributed by atoms with Crippen molar-refractivity contribution in [1.82, 2.24) is 9.80 Å². The predicted molar refractivity (Wildman–Crippen MR) is 85.0 cm³/mol. The van der Waals surface area contributed by atoms with Crippen molar-refractivity contribution in [2.45, 2.75) is 32.2 Å². The molecule has 0 radical (unpaired) electrons. The monoisotopic (exact) mass is 318 g/mol. The first-order chi connectivity index (χ1) is 11.0. The summed E-state index contributed by atoms with van der Waals surface area (Å²) in [5.41, 5.74) is 0.653. The Morgan fingerprint density at radius 3 is 2.48 bits per heavy atom. The second-order valence-corrected chi connectivity index (χ2v) is 5.78. The molecule has 1 aromatic rings. The highest BCUT2D eigenvalue weighted by molar-refractivity contribution is 5.94. The second kappa shape index (κ2) is 7.76. The molecule has 6 heteroatoms. The first kappa shape index (κ1) is 17.0. The van der Waals surface area contributed by atoms with Gasteiger partial charge in [0, 0.05) is 31.6 Å². The van der Waals surface area contributed by atoms with Crippen LogP contribution < -0.4 is 0 Å². The highest BCUT2D eigenvalue weighted by atomic mass is 16.4. The lowest BCUT2D eigenvalue weighted by Gasteiger charge is -2.28. The van der Waals surface area contributed by atoms with E-state index < -0.39 is 5.97 Å². The molecule has 1 aromatic carbocycles. The largest absolute Gasteiger partial charge is 0.480 e. The third kappa shape index (κ3) is 4.55. The minimum atomic E-state index is -1.01. The Morgan fingerprint density at radius 1 is 1.17 bits per heavy atom. The van der Waals surface area contributed by atoms with E-state index in [-0.39, 0.29) is 24.4 Å². The molecule has 124 valence electrons. The normalized spacial score (nSPS) is 18.1. The summed E-state index contributed by atoms with van der Waals surface area (Å²) in [4.78, 5) is 38.3. The molecular formula is C17H22N2O4. The molecule has 0 saturated carbocycles. The fraction of sp³-hybridized carbons (Fsp3) is 0.471. The van der Waals surface area contributed by atoms with Crippen LogP contribution in [0.3, 0.4) is 0 Å². The third-order valence-corrected chi connectivity index (χ3v) is 4.16. The van der Waals surface area contributed by atoms with Crippen LogP contribution in [0.2, 0.25) is 0 Å². The van der Waals surface area contributed by atoms with E-state index in [4.69, 9.17) is 5.11 Å². The highest BCUT2D eigenvalue weighted by Crippen LogP contribution is 2.19. The fourth-order valence-electron chi connectivity index (χ4n) is 3.00. The van der Waals surface area contributed by atoms with Gasteiger partial charge in [0.15, 0.2) is 0 Å². The number of carboxylic acids is 1. The number of hydrogen-bond donors (Lipinski definition) is 1. The van der Waals surface area contributed by atoms with Crippen LogP contribution in [0.1, 0.15) is 36.5 Å². The van der Waals surface area contributed by atoms with Crippen LogP contribution in [-0.4, -0.2) is 58.4 Å². The molecule has 6 nitrogen and oxygen atoms in total. The number of carbonyl (C=O) groups is 3. The number of rotatable bonds is 4. The first-order valence-corrected chi connectivity index (χ1v) is 7.82. The molecule has 1 N–H and O–H groups in total. The Kier molecular flexibility index (Phi) is 5.73. The van der Waals surface area contributed by atoms with Gasteiger partial charge in [-0.3, -0.25) is 14.4 Å². The molecule has 2 rings (SSSR count). The second-order valence-electron chi connectivity index (χ2n) is 5.78. The van der Waals surface area contributed by atoms with Crippen molar-refractivity contribution >= 4 is 17.8 Å². The summed E-state index contributed by atoms with van der Waals surface area (Å²) >= 11 is 0. The van der Waals surface area contributed by atoms with Crippen molar-refractivity contribution in [3.8, 4) is 0 Å². The molecule has 0 aromatic heterocycles. The van der Waals surface area contributed by atoms with Gasteiger partial charge >= 0.3 is 5.97 Å². The van der Waals surface area contributed by atoms with Gasteiger partial charge in [-0.2, -0.15) is 0 Å². The average Bonchev–Trinajstić information content (AvgIpc) is 2.78. The van der Waals surface area contributed by atoms with Gasteiger partial charge in [-0.15, -0.1) is 0 Å². The molecule has 0 aliphatic carbocycles. The summed E-state index contributed by atoms with van der Waals surface area (Å²) in [7, 11) is 0. The van der Waals surface area contributed by atoms with E-state index in [1.165, 1.54) is 11.8 Å². The van der Waals surface area contributed by atoms with Crippen molar-refractivity contribution in [2.75, 3.05) is 19.6 Å². The minimum absolute atomic E-state index is 0.0149. The highest BCUT2D eigenvalue weighted by Gasteiger charge is 2.27. The van der Waals surface area contributed by atoms with E-state index in [0.717, 1.165) is 6.42 Å². The van der Waals surface area contributed by atoms with Crippen molar-refractivity contribution in [2.24, 2.45) is 0 Å². The molecule has 1 saturated heterocycles. The summed E-state index contributed by atoms with van der Waals surface area (Å²) in [6, 6.07) is 8.98. The van der Waals surface area contributed by atoms with Gasteiger partial charge in [-0.1, -0.05) is 18.2 Å². The molecule has 2 amide bonds. The van der Waals surface area contributed by atoms with Gasteiger partial charge in [-0.05, 0) is 31.4 Å². The van der Waals surface area contributed by atoms with Crippen LogP contribution >= 0.6 is 0 Å². The van der Waals surface area contributed by atoms with E-state index in [9.17, 15) is 14.4 Å². The Bertz CT molecular complexity index is 573. The lowest BCUT2D eigenvalue weighted by atomic mass is 10.1. The number of carboxylic acid groups (broad SMARTS) is 1. The summed E-state index contributed by atoms with van der Waals surface area (Å²) in [6.07, 6.45) is 2.07. The number of amides is 2. The number of aliphatic carboxylic acids is 1. The maximum Gasteiger partial charge on any atom is 0.323 e. The molecule has 0 spiro atoms. The predicted octanol–water partition coefficient (Wildman–Crippen LogP) is 1.61. The van der Waals surface area contributed by atoms with Crippen molar-refractivity contribution < 1.29 is 19.5 Å². The van der Waals surface area contributed by atoms with Crippen LogP contribution in [0.15, 0.2) is 30.3 Å². The summed E-state index contributed by atoms with van der Waals surface area (Å²) in [6.45, 7) is 2.26. The van der Waals surface area contributed by atoms with E-state index in [1.54, 1.807) is 17.0 Å². The third-order valence-electron chi connectivity index (χ3n) is 4.16. The summed E-state index contributed by atoms with van der Waals surface area (Å²) < 4.78 is 0. The van der Waals surface area contributed by atoms with Crippen LogP contribution in [-0.2, 0) is 9.59 Å². The molecule has 1 aliphatic heterocycles. The van der Waals surface area contributed by atoms with E-state index in [0.29, 0.717) is 31.5 Å². The molecule has 1 aliphatic rings. The van der Waals surface area contributed by atoms with E-state index >= 15 is 0 Å². The maximum absolute atomic E-state index is 12.5. The molecule has 1 fully saturated rings. The maximum atomic E-state index is 12.5. The SMILES string of the molecule is CC(=O)N(CC(=O)O)C1CCCN(C(=O)c2ccccc2)CC1. The van der Waals surface area contributed by atoms with Crippen LogP contribution in [0.4, 0.5) is 0 Å². The Morgan fingerprint density at radius 2 is 1.87 bits per heavy atom. The minimum Gasteiger partial charge on any atom is -0.480 e. The van der Waals surface area contributed by atoms with Gasteiger partial charge in [-0.25, -0.2) is 0 Å². The zero-order valence-electron chi connectivity index (χ0n) is 13.3. The molecule has 1 unspecified atom stereocenters. The number of carbonyl (C=O) groups excluding carboxylic acids is 2. The summed E-state index contributed by atoms with van der Waals surface area (Å²) in [5, 5.41) is 8.96. The quantitative estimate of drug-likeness (QED) is 0.915. The standard InChI is InChI=1S/C17H22N2O4/c1-13(20)19(12-16(21)22)15-8-5-10-18(11-9-15)17(23)14-6-3-2-4-7-14/h2-4,6-7,15H,5,8-12H2,1H3,(H,21,22). The lowest BCUT2D eigenvalue weighted by Crippen LogP contribution is -2.43. The summed E-state index contributed by atoms with van der Waals surface area (Å²) in [5.74, 6) is -1.26. The Balaban J connectivity index is 2.02. The van der Waals surface area contributed by atoms with Gasteiger partial charge in [0.2, 0.25) is 5.91 Å². The lowest BCUT2D eigenvalue weighted by molar-refractivity contribution is -0.145. The number of benzene rings is 1. The smallest absolute Gasteiger partial charge is 0.323 e. The van der Waals surface area contributed by atoms with Crippen molar-refractivity contribution in [3.63, 3.8) is 0 Å². The zero-order chi connectivity index (χ0) is 16.8. The molecular weight excluding hydrogens is 296 g/mol. The number of nitrogens with zero attached hydrogens (tertiary/aromatic N) is 2. The molecule has 1 heterocycles. The van der Waals surface area contributed by atoms with E-state index in [2.05, 4.69) is 0 Å². The number of hydrogen-bond acceptors (Lipinski definition) is 3. The van der Waals surface area contributed by atoms with Crippen LogP contribution in [0.5, 0.6) is 0 Å². The molecule has 1 atom stereocenters. The van der Waals surface area contributed by atoms with Gasteiger partial charge in [0.05, 0.1) is 0 Å². The van der Waals surface area contributed by atoms with Crippen LogP contribution in [0, 0.1) is 0 Å². The zero-order valence-corrected chi connectivity index (χ0v) is 13.3.